The zero-order chi connectivity index (χ0) is 15.4. The summed E-state index contributed by atoms with van der Waals surface area (Å²) in [5.74, 6) is 1.80. The first-order valence-electron chi connectivity index (χ1n) is 7.36. The molecule has 0 N–H and O–H groups in total. The summed E-state index contributed by atoms with van der Waals surface area (Å²) in [4.78, 5) is 11.1. The van der Waals surface area contributed by atoms with E-state index in [1.54, 1.807) is 24.2 Å². The summed E-state index contributed by atoms with van der Waals surface area (Å²) in [6.07, 6.45) is 5.45. The molecule has 0 bridgehead atoms. The van der Waals surface area contributed by atoms with Crippen molar-refractivity contribution in [3.63, 3.8) is 0 Å². The predicted molar refractivity (Wildman–Crippen MR) is 94.1 cm³/mol. The highest BCUT2D eigenvalue weighted by Gasteiger charge is 2.13. The maximum atomic E-state index is 6.21. The Morgan fingerprint density at radius 2 is 1.86 bits per heavy atom. The van der Waals surface area contributed by atoms with Gasteiger partial charge in [-0.3, -0.25) is 0 Å². The Labute approximate surface area is 145 Å². The number of hydrogen-bond donors (Lipinski definition) is 0. The minimum atomic E-state index is 0.660. The molecule has 3 nitrogen and oxygen atoms in total. The van der Waals surface area contributed by atoms with Crippen molar-refractivity contribution >= 4 is 40.8 Å². The largest absolute Gasteiger partial charge is 0.356 e. The van der Waals surface area contributed by atoms with Crippen LogP contribution in [0, 0.1) is 0 Å². The Morgan fingerprint density at radius 1 is 1.05 bits per heavy atom. The fourth-order valence-electron chi connectivity index (χ4n) is 2.50. The highest BCUT2D eigenvalue weighted by Crippen LogP contribution is 2.29. The molecule has 22 heavy (non-hydrogen) atoms. The standard InChI is InChI=1S/C16H17Cl2N3S/c17-13-5-4-12(14(18)8-13)10-22-16-9-15(19-11-20-16)21-6-2-1-3-7-21/h4-5,8-9,11H,1-3,6-7,10H2. The summed E-state index contributed by atoms with van der Waals surface area (Å²) in [7, 11) is 0. The number of piperidine rings is 1. The Hall–Kier alpha value is -0.970. The van der Waals surface area contributed by atoms with E-state index < -0.39 is 0 Å². The molecule has 2 heterocycles. The average molecular weight is 354 g/mol. The van der Waals surface area contributed by atoms with Gasteiger partial charge in [0.25, 0.3) is 0 Å². The second kappa shape index (κ2) is 7.53. The summed E-state index contributed by atoms with van der Waals surface area (Å²) in [6, 6.07) is 7.67. The summed E-state index contributed by atoms with van der Waals surface area (Å²) in [6.45, 7) is 2.17. The molecule has 1 saturated heterocycles. The second-order valence-electron chi connectivity index (χ2n) is 5.29. The molecule has 0 spiro atoms. The molecule has 1 aliphatic heterocycles. The predicted octanol–water partition coefficient (Wildman–Crippen LogP) is 5.07. The zero-order valence-corrected chi connectivity index (χ0v) is 14.5. The van der Waals surface area contributed by atoms with Gasteiger partial charge >= 0.3 is 0 Å². The van der Waals surface area contributed by atoms with Gasteiger partial charge in [-0.05, 0) is 37.0 Å². The van der Waals surface area contributed by atoms with Crippen molar-refractivity contribution in [3.8, 4) is 0 Å². The smallest absolute Gasteiger partial charge is 0.133 e. The van der Waals surface area contributed by atoms with Crippen LogP contribution in [-0.4, -0.2) is 23.1 Å². The van der Waals surface area contributed by atoms with E-state index in [1.165, 1.54) is 19.3 Å². The maximum absolute atomic E-state index is 6.21. The van der Waals surface area contributed by atoms with Crippen LogP contribution in [0.4, 0.5) is 5.82 Å². The minimum absolute atomic E-state index is 0.660. The molecule has 116 valence electrons. The number of halogens is 2. The quantitative estimate of drug-likeness (QED) is 0.566. The maximum Gasteiger partial charge on any atom is 0.133 e. The van der Waals surface area contributed by atoms with Crippen LogP contribution in [0.3, 0.4) is 0 Å². The molecule has 0 aliphatic carbocycles. The van der Waals surface area contributed by atoms with Gasteiger partial charge in [-0.1, -0.05) is 29.3 Å². The number of aromatic nitrogens is 2. The second-order valence-corrected chi connectivity index (χ2v) is 7.13. The first kappa shape index (κ1) is 15.9. The third-order valence-electron chi connectivity index (χ3n) is 3.70. The number of thioether (sulfide) groups is 1. The van der Waals surface area contributed by atoms with Gasteiger partial charge in [0, 0.05) is 35.0 Å². The molecule has 0 radical (unpaired) electrons. The lowest BCUT2D eigenvalue weighted by atomic mass is 10.1. The lowest BCUT2D eigenvalue weighted by molar-refractivity contribution is 0.572. The topological polar surface area (TPSA) is 29.0 Å². The van der Waals surface area contributed by atoms with Gasteiger partial charge in [-0.2, -0.15) is 0 Å². The summed E-state index contributed by atoms with van der Waals surface area (Å²) in [5, 5.41) is 2.33. The number of nitrogens with zero attached hydrogens (tertiary/aromatic N) is 3. The number of hydrogen-bond acceptors (Lipinski definition) is 4. The van der Waals surface area contributed by atoms with Crippen molar-refractivity contribution in [2.24, 2.45) is 0 Å². The van der Waals surface area contributed by atoms with E-state index in [4.69, 9.17) is 23.2 Å². The first-order valence-corrected chi connectivity index (χ1v) is 9.10. The van der Waals surface area contributed by atoms with Gasteiger partial charge in [-0.25, -0.2) is 9.97 Å². The molecule has 0 amide bonds. The lowest BCUT2D eigenvalue weighted by Gasteiger charge is -2.27. The van der Waals surface area contributed by atoms with E-state index in [9.17, 15) is 0 Å². The van der Waals surface area contributed by atoms with Crippen molar-refractivity contribution in [1.29, 1.82) is 0 Å². The van der Waals surface area contributed by atoms with E-state index in [0.29, 0.717) is 10.0 Å². The average Bonchev–Trinajstić information content (AvgIpc) is 2.55. The molecule has 3 rings (SSSR count). The van der Waals surface area contributed by atoms with Crippen LogP contribution in [0.1, 0.15) is 24.8 Å². The summed E-state index contributed by atoms with van der Waals surface area (Å²) < 4.78 is 0. The first-order chi connectivity index (χ1) is 10.7. The highest BCUT2D eigenvalue weighted by atomic mass is 35.5. The number of benzene rings is 1. The van der Waals surface area contributed by atoms with Crippen LogP contribution < -0.4 is 4.90 Å². The Kier molecular flexibility index (Phi) is 5.45. The fraction of sp³-hybridized carbons (Fsp3) is 0.375. The van der Waals surface area contributed by atoms with Crippen molar-refractivity contribution in [2.45, 2.75) is 30.0 Å². The fourth-order valence-corrected chi connectivity index (χ4v) is 3.92. The van der Waals surface area contributed by atoms with Crippen molar-refractivity contribution in [3.05, 3.63) is 46.2 Å². The van der Waals surface area contributed by atoms with E-state index in [0.717, 1.165) is 35.2 Å². The van der Waals surface area contributed by atoms with Gasteiger partial charge in [-0.15, -0.1) is 11.8 Å². The monoisotopic (exact) mass is 353 g/mol. The molecular weight excluding hydrogens is 337 g/mol. The molecule has 1 aromatic carbocycles. The van der Waals surface area contributed by atoms with Crippen LogP contribution in [0.2, 0.25) is 10.0 Å². The SMILES string of the molecule is Clc1ccc(CSc2cc(N3CCCCC3)ncn2)c(Cl)c1. The molecule has 1 aliphatic rings. The molecule has 1 aromatic heterocycles. The van der Waals surface area contributed by atoms with Crippen LogP contribution in [-0.2, 0) is 5.75 Å². The van der Waals surface area contributed by atoms with Crippen LogP contribution >= 0.6 is 35.0 Å². The van der Waals surface area contributed by atoms with Gasteiger partial charge in [0.2, 0.25) is 0 Å². The normalized spacial score (nSPS) is 15.1. The molecule has 0 saturated carbocycles. The summed E-state index contributed by atoms with van der Waals surface area (Å²) in [5.41, 5.74) is 1.06. The van der Waals surface area contributed by atoms with Crippen molar-refractivity contribution in [1.82, 2.24) is 9.97 Å². The molecule has 0 unspecified atom stereocenters. The van der Waals surface area contributed by atoms with Gasteiger partial charge in [0.05, 0.1) is 0 Å². The molecular formula is C16H17Cl2N3S. The van der Waals surface area contributed by atoms with Crippen molar-refractivity contribution < 1.29 is 0 Å². The van der Waals surface area contributed by atoms with E-state index in [2.05, 4.69) is 20.9 Å². The number of anilines is 1. The molecule has 1 fully saturated rings. The highest BCUT2D eigenvalue weighted by molar-refractivity contribution is 7.98. The van der Waals surface area contributed by atoms with E-state index in [1.807, 2.05) is 12.1 Å². The van der Waals surface area contributed by atoms with Crippen LogP contribution in [0.5, 0.6) is 0 Å². The number of rotatable bonds is 4. The lowest BCUT2D eigenvalue weighted by Crippen LogP contribution is -2.30. The van der Waals surface area contributed by atoms with Crippen LogP contribution in [0.25, 0.3) is 0 Å². The Bertz CT molecular complexity index is 645. The minimum Gasteiger partial charge on any atom is -0.356 e. The molecule has 0 atom stereocenters. The van der Waals surface area contributed by atoms with E-state index >= 15 is 0 Å². The third kappa shape index (κ3) is 4.06. The Morgan fingerprint density at radius 3 is 2.64 bits per heavy atom. The molecule has 2 aromatic rings. The third-order valence-corrected chi connectivity index (χ3v) is 5.26. The Balaban J connectivity index is 1.67. The van der Waals surface area contributed by atoms with E-state index in [-0.39, 0.29) is 0 Å². The van der Waals surface area contributed by atoms with Crippen molar-refractivity contribution in [2.75, 3.05) is 18.0 Å². The van der Waals surface area contributed by atoms with Gasteiger partial charge in [0.1, 0.15) is 17.2 Å². The van der Waals surface area contributed by atoms with Gasteiger partial charge in [0.15, 0.2) is 0 Å². The van der Waals surface area contributed by atoms with Crippen LogP contribution in [0.15, 0.2) is 35.6 Å². The summed E-state index contributed by atoms with van der Waals surface area (Å²) >= 11 is 13.8. The molecule has 6 heteroatoms. The van der Waals surface area contributed by atoms with Gasteiger partial charge < -0.3 is 4.90 Å². The zero-order valence-electron chi connectivity index (χ0n) is 12.1.